The first-order valence-corrected chi connectivity index (χ1v) is 7.10. The third kappa shape index (κ3) is 4.31. The molecular weight excluding hydrogens is 258 g/mol. The van der Waals surface area contributed by atoms with Gasteiger partial charge in [0.25, 0.3) is 5.56 Å². The first-order chi connectivity index (χ1) is 9.51. The van der Waals surface area contributed by atoms with Crippen LogP contribution in [0.25, 0.3) is 0 Å². The van der Waals surface area contributed by atoms with Gasteiger partial charge in [0.15, 0.2) is 0 Å². The Morgan fingerprint density at radius 2 is 1.85 bits per heavy atom. The van der Waals surface area contributed by atoms with Crippen molar-refractivity contribution in [1.82, 2.24) is 14.0 Å². The van der Waals surface area contributed by atoms with Crippen LogP contribution in [-0.4, -0.2) is 45.4 Å². The van der Waals surface area contributed by atoms with Crippen LogP contribution in [0.15, 0.2) is 15.7 Å². The normalized spacial score (nSPS) is 11.2. The molecule has 0 radical (unpaired) electrons. The smallest absolute Gasteiger partial charge is 0.330 e. The van der Waals surface area contributed by atoms with Gasteiger partial charge in [-0.3, -0.25) is 9.36 Å². The van der Waals surface area contributed by atoms with Crippen molar-refractivity contribution in [3.05, 3.63) is 32.6 Å². The number of hydrogen-bond acceptors (Lipinski definition) is 4. The van der Waals surface area contributed by atoms with Gasteiger partial charge in [-0.15, -0.1) is 0 Å². The average molecular weight is 283 g/mol. The number of aliphatic hydroxyl groups is 1. The Kier molecular flexibility index (Phi) is 6.67. The Morgan fingerprint density at radius 3 is 2.45 bits per heavy atom. The van der Waals surface area contributed by atoms with Crippen LogP contribution in [0, 0.1) is 0 Å². The fourth-order valence-electron chi connectivity index (χ4n) is 2.30. The van der Waals surface area contributed by atoms with Crippen LogP contribution in [0.2, 0.25) is 0 Å². The maximum atomic E-state index is 11.8. The van der Waals surface area contributed by atoms with Crippen LogP contribution in [0.3, 0.4) is 0 Å². The number of nitrogens with zero attached hydrogens (tertiary/aromatic N) is 3. The summed E-state index contributed by atoms with van der Waals surface area (Å²) in [4.78, 5) is 25.6. The molecule has 0 saturated heterocycles. The molecule has 0 aliphatic carbocycles. The zero-order valence-electron chi connectivity index (χ0n) is 12.6. The van der Waals surface area contributed by atoms with Gasteiger partial charge in [-0.05, 0) is 32.4 Å². The molecule has 20 heavy (non-hydrogen) atoms. The lowest BCUT2D eigenvalue weighted by molar-refractivity contribution is 0.194. The molecule has 1 aromatic rings. The zero-order chi connectivity index (χ0) is 15.1. The van der Waals surface area contributed by atoms with Crippen molar-refractivity contribution in [2.24, 2.45) is 14.1 Å². The van der Waals surface area contributed by atoms with Gasteiger partial charge >= 0.3 is 5.69 Å². The SMILES string of the molecule is CCCN(CCO)CCCc1cc(=O)n(C)c(=O)n1C. The molecule has 0 unspecified atom stereocenters. The summed E-state index contributed by atoms with van der Waals surface area (Å²) in [6, 6.07) is 1.53. The molecule has 114 valence electrons. The lowest BCUT2D eigenvalue weighted by Gasteiger charge is -2.20. The van der Waals surface area contributed by atoms with Crippen molar-refractivity contribution in [2.75, 3.05) is 26.2 Å². The molecule has 0 atom stereocenters. The van der Waals surface area contributed by atoms with Gasteiger partial charge in [0.2, 0.25) is 0 Å². The molecule has 1 aromatic heterocycles. The predicted molar refractivity (Wildman–Crippen MR) is 79.1 cm³/mol. The molecule has 0 bridgehead atoms. The van der Waals surface area contributed by atoms with Crippen LogP contribution in [0.1, 0.15) is 25.5 Å². The van der Waals surface area contributed by atoms with Gasteiger partial charge in [-0.1, -0.05) is 6.92 Å². The summed E-state index contributed by atoms with van der Waals surface area (Å²) in [6.45, 7) is 4.75. The molecule has 6 nitrogen and oxygen atoms in total. The van der Waals surface area contributed by atoms with Gasteiger partial charge in [0.05, 0.1) is 6.61 Å². The fraction of sp³-hybridized carbons (Fsp3) is 0.714. The van der Waals surface area contributed by atoms with Crippen molar-refractivity contribution >= 4 is 0 Å². The average Bonchev–Trinajstić information content (AvgIpc) is 2.42. The number of aromatic nitrogens is 2. The van der Waals surface area contributed by atoms with E-state index in [9.17, 15) is 9.59 Å². The zero-order valence-corrected chi connectivity index (χ0v) is 12.6. The maximum Gasteiger partial charge on any atom is 0.330 e. The van der Waals surface area contributed by atoms with E-state index in [1.165, 1.54) is 17.7 Å². The summed E-state index contributed by atoms with van der Waals surface area (Å²) in [5, 5.41) is 9.00. The second-order valence-electron chi connectivity index (χ2n) is 5.04. The highest BCUT2D eigenvalue weighted by atomic mass is 16.3. The van der Waals surface area contributed by atoms with Crippen molar-refractivity contribution in [3.63, 3.8) is 0 Å². The quantitative estimate of drug-likeness (QED) is 0.712. The molecule has 0 aromatic carbocycles. The Bertz CT molecular complexity index is 527. The largest absolute Gasteiger partial charge is 0.395 e. The van der Waals surface area contributed by atoms with E-state index in [-0.39, 0.29) is 17.9 Å². The third-order valence-electron chi connectivity index (χ3n) is 3.49. The number of hydrogen-bond donors (Lipinski definition) is 1. The Hall–Kier alpha value is -1.40. The first kappa shape index (κ1) is 16.7. The van der Waals surface area contributed by atoms with E-state index in [2.05, 4.69) is 11.8 Å². The topological polar surface area (TPSA) is 67.5 Å². The van der Waals surface area contributed by atoms with Crippen molar-refractivity contribution < 1.29 is 5.11 Å². The molecule has 0 spiro atoms. The van der Waals surface area contributed by atoms with E-state index in [0.717, 1.165) is 36.2 Å². The molecular formula is C14H25N3O3. The van der Waals surface area contributed by atoms with E-state index in [1.807, 2.05) is 0 Å². The summed E-state index contributed by atoms with van der Waals surface area (Å²) in [5.41, 5.74) is 0.218. The van der Waals surface area contributed by atoms with Gasteiger partial charge in [-0.25, -0.2) is 4.79 Å². The number of rotatable bonds is 8. The Labute approximate surface area is 119 Å². The molecule has 0 amide bonds. The van der Waals surface area contributed by atoms with E-state index < -0.39 is 0 Å². The molecule has 0 fully saturated rings. The first-order valence-electron chi connectivity index (χ1n) is 7.10. The molecule has 1 rings (SSSR count). The molecule has 0 aliphatic rings. The van der Waals surface area contributed by atoms with Crippen LogP contribution < -0.4 is 11.2 Å². The molecule has 6 heteroatoms. The van der Waals surface area contributed by atoms with Crippen LogP contribution >= 0.6 is 0 Å². The highest BCUT2D eigenvalue weighted by molar-refractivity contribution is 5.02. The minimum Gasteiger partial charge on any atom is -0.395 e. The van der Waals surface area contributed by atoms with Crippen molar-refractivity contribution in [3.8, 4) is 0 Å². The standard InChI is InChI=1S/C14H25N3O3/c1-4-7-17(9-10-18)8-5-6-12-11-13(19)16(3)14(20)15(12)2/h11,18H,4-10H2,1-3H3. The Morgan fingerprint density at radius 1 is 1.15 bits per heavy atom. The lowest BCUT2D eigenvalue weighted by atomic mass is 10.2. The molecule has 1 heterocycles. The van der Waals surface area contributed by atoms with Crippen LogP contribution in [-0.2, 0) is 20.5 Å². The van der Waals surface area contributed by atoms with Gasteiger partial charge in [0, 0.05) is 32.4 Å². The van der Waals surface area contributed by atoms with E-state index >= 15 is 0 Å². The van der Waals surface area contributed by atoms with Crippen LogP contribution in [0.5, 0.6) is 0 Å². The van der Waals surface area contributed by atoms with E-state index in [4.69, 9.17) is 5.11 Å². The summed E-state index contributed by atoms with van der Waals surface area (Å²) in [6.07, 6.45) is 2.60. The molecule has 1 N–H and O–H groups in total. The van der Waals surface area contributed by atoms with Crippen LogP contribution in [0.4, 0.5) is 0 Å². The predicted octanol–water partition coefficient (Wildman–Crippen LogP) is -0.279. The number of aliphatic hydroxyl groups excluding tert-OH is 1. The lowest BCUT2D eigenvalue weighted by Crippen LogP contribution is -2.38. The third-order valence-corrected chi connectivity index (χ3v) is 3.49. The second kappa shape index (κ2) is 8.01. The second-order valence-corrected chi connectivity index (χ2v) is 5.04. The van der Waals surface area contributed by atoms with Crippen molar-refractivity contribution in [1.29, 1.82) is 0 Å². The van der Waals surface area contributed by atoms with Crippen molar-refractivity contribution in [2.45, 2.75) is 26.2 Å². The minimum absolute atomic E-state index is 0.157. The monoisotopic (exact) mass is 283 g/mol. The highest BCUT2D eigenvalue weighted by Gasteiger charge is 2.07. The Balaban J connectivity index is 2.66. The summed E-state index contributed by atoms with van der Waals surface area (Å²) < 4.78 is 2.64. The summed E-state index contributed by atoms with van der Waals surface area (Å²) in [7, 11) is 3.17. The van der Waals surface area contributed by atoms with Gasteiger partial charge in [-0.2, -0.15) is 0 Å². The van der Waals surface area contributed by atoms with E-state index in [1.54, 1.807) is 7.05 Å². The maximum absolute atomic E-state index is 11.8. The highest BCUT2D eigenvalue weighted by Crippen LogP contribution is 2.00. The summed E-state index contributed by atoms with van der Waals surface area (Å²) >= 11 is 0. The molecule has 0 saturated carbocycles. The summed E-state index contributed by atoms with van der Waals surface area (Å²) in [5.74, 6) is 0. The fourth-order valence-corrected chi connectivity index (χ4v) is 2.30. The van der Waals surface area contributed by atoms with Gasteiger partial charge in [0.1, 0.15) is 0 Å². The van der Waals surface area contributed by atoms with Gasteiger partial charge < -0.3 is 14.6 Å². The molecule has 0 aliphatic heterocycles. The minimum atomic E-state index is -0.284. The van der Waals surface area contributed by atoms with E-state index in [0.29, 0.717) is 13.0 Å². The number of aryl methyl sites for hydroxylation is 1.